The lowest BCUT2D eigenvalue weighted by molar-refractivity contribution is -0.00166. The normalized spacial score (nSPS) is 23.3. The second-order valence-electron chi connectivity index (χ2n) is 7.63. The number of anilines is 1. The van der Waals surface area contributed by atoms with E-state index in [0.29, 0.717) is 32.3 Å². The van der Waals surface area contributed by atoms with E-state index >= 15 is 0 Å². The van der Waals surface area contributed by atoms with Crippen LogP contribution in [0.3, 0.4) is 0 Å². The molecule has 7 heteroatoms. The summed E-state index contributed by atoms with van der Waals surface area (Å²) in [6.45, 7) is 8.48. The molecule has 2 aliphatic rings. The molecule has 2 aliphatic heterocycles. The second-order valence-corrected chi connectivity index (χ2v) is 9.61. The van der Waals surface area contributed by atoms with Crippen molar-refractivity contribution in [2.75, 3.05) is 50.5 Å². The van der Waals surface area contributed by atoms with E-state index in [1.165, 1.54) is 27.4 Å². The van der Waals surface area contributed by atoms with Crippen LogP contribution in [-0.2, 0) is 14.8 Å². The predicted octanol–water partition coefficient (Wildman–Crippen LogP) is 1.52. The van der Waals surface area contributed by atoms with Crippen molar-refractivity contribution in [2.24, 2.45) is 0 Å². The second kappa shape index (κ2) is 8.25. The molecule has 0 aliphatic carbocycles. The van der Waals surface area contributed by atoms with E-state index in [1.807, 2.05) is 0 Å². The fourth-order valence-electron chi connectivity index (χ4n) is 3.89. The van der Waals surface area contributed by atoms with Crippen LogP contribution in [0.1, 0.15) is 24.0 Å². The summed E-state index contributed by atoms with van der Waals surface area (Å²) >= 11 is 0. The molecule has 0 saturated carbocycles. The Morgan fingerprint density at radius 2 is 1.77 bits per heavy atom. The third-order valence-electron chi connectivity index (χ3n) is 5.27. The molecular weight excluding hydrogens is 350 g/mol. The Labute approximate surface area is 157 Å². The molecule has 1 N–H and O–H groups in total. The molecule has 0 aromatic heterocycles. The van der Waals surface area contributed by atoms with Gasteiger partial charge in [-0.2, -0.15) is 4.31 Å². The average molecular weight is 382 g/mol. The molecule has 146 valence electrons. The molecule has 0 bridgehead atoms. The third-order valence-corrected chi connectivity index (χ3v) is 6.54. The van der Waals surface area contributed by atoms with E-state index in [1.54, 1.807) is 0 Å². The highest BCUT2D eigenvalue weighted by atomic mass is 32.2. The van der Waals surface area contributed by atoms with Gasteiger partial charge in [-0.1, -0.05) is 6.07 Å². The number of benzene rings is 1. The molecule has 2 saturated heterocycles. The molecule has 3 rings (SSSR count). The van der Waals surface area contributed by atoms with Gasteiger partial charge in [0.1, 0.15) is 0 Å². The summed E-state index contributed by atoms with van der Waals surface area (Å²) < 4.78 is 30.7. The number of rotatable bonds is 5. The summed E-state index contributed by atoms with van der Waals surface area (Å²) in [4.78, 5) is 2.46. The SMILES string of the molecule is Cc1cc(C)cc(N2CCC(NC[C@@H]3CN(S(C)(=O)=O)CCO3)CC2)c1. The van der Waals surface area contributed by atoms with Crippen molar-refractivity contribution in [1.29, 1.82) is 0 Å². The number of ether oxygens (including phenoxy) is 1. The minimum Gasteiger partial charge on any atom is -0.374 e. The Morgan fingerprint density at radius 3 is 2.38 bits per heavy atom. The van der Waals surface area contributed by atoms with E-state index in [2.05, 4.69) is 42.3 Å². The first-order valence-corrected chi connectivity index (χ1v) is 11.3. The Kier molecular flexibility index (Phi) is 6.22. The number of hydrogen-bond acceptors (Lipinski definition) is 5. The van der Waals surface area contributed by atoms with Gasteiger partial charge in [0.05, 0.1) is 19.0 Å². The van der Waals surface area contributed by atoms with Gasteiger partial charge in [0.25, 0.3) is 0 Å². The zero-order valence-corrected chi connectivity index (χ0v) is 16.9. The van der Waals surface area contributed by atoms with Gasteiger partial charge < -0.3 is 15.0 Å². The van der Waals surface area contributed by atoms with Crippen LogP contribution in [0, 0.1) is 13.8 Å². The molecule has 1 atom stereocenters. The molecule has 2 fully saturated rings. The number of piperidine rings is 1. The minimum absolute atomic E-state index is 0.0593. The molecule has 0 spiro atoms. The van der Waals surface area contributed by atoms with Crippen LogP contribution in [0.25, 0.3) is 0 Å². The molecule has 1 aromatic rings. The van der Waals surface area contributed by atoms with Crippen molar-refractivity contribution in [1.82, 2.24) is 9.62 Å². The Bertz CT molecular complexity index is 694. The summed E-state index contributed by atoms with van der Waals surface area (Å²) in [5, 5.41) is 3.58. The van der Waals surface area contributed by atoms with Gasteiger partial charge >= 0.3 is 0 Å². The van der Waals surface area contributed by atoms with Crippen LogP contribution in [0.4, 0.5) is 5.69 Å². The van der Waals surface area contributed by atoms with Gasteiger partial charge in [-0.25, -0.2) is 8.42 Å². The van der Waals surface area contributed by atoms with E-state index in [9.17, 15) is 8.42 Å². The van der Waals surface area contributed by atoms with Gasteiger partial charge in [0.2, 0.25) is 10.0 Å². The molecule has 0 radical (unpaired) electrons. The maximum Gasteiger partial charge on any atom is 0.211 e. The molecule has 2 heterocycles. The summed E-state index contributed by atoms with van der Waals surface area (Å²) in [7, 11) is -3.13. The lowest BCUT2D eigenvalue weighted by atomic mass is 10.0. The zero-order chi connectivity index (χ0) is 18.7. The quantitative estimate of drug-likeness (QED) is 0.838. The zero-order valence-electron chi connectivity index (χ0n) is 16.1. The van der Waals surface area contributed by atoms with Crippen molar-refractivity contribution in [2.45, 2.75) is 38.8 Å². The van der Waals surface area contributed by atoms with Crippen molar-refractivity contribution in [3.63, 3.8) is 0 Å². The summed E-state index contributed by atoms with van der Waals surface area (Å²) in [5.74, 6) is 0. The number of nitrogens with zero attached hydrogens (tertiary/aromatic N) is 2. The first kappa shape index (κ1) is 19.6. The number of morpholine rings is 1. The highest BCUT2D eigenvalue weighted by Crippen LogP contribution is 2.23. The first-order chi connectivity index (χ1) is 12.3. The number of hydrogen-bond donors (Lipinski definition) is 1. The monoisotopic (exact) mass is 381 g/mol. The van der Waals surface area contributed by atoms with E-state index < -0.39 is 10.0 Å². The fraction of sp³-hybridized carbons (Fsp3) is 0.684. The van der Waals surface area contributed by atoms with Crippen molar-refractivity contribution >= 4 is 15.7 Å². The van der Waals surface area contributed by atoms with Gasteiger partial charge in [-0.05, 0) is 49.9 Å². The van der Waals surface area contributed by atoms with Gasteiger partial charge in [-0.15, -0.1) is 0 Å². The summed E-state index contributed by atoms with van der Waals surface area (Å²) in [6, 6.07) is 7.20. The van der Waals surface area contributed by atoms with Crippen molar-refractivity contribution in [3.8, 4) is 0 Å². The first-order valence-electron chi connectivity index (χ1n) is 9.44. The lowest BCUT2D eigenvalue weighted by Gasteiger charge is -2.36. The number of sulfonamides is 1. The van der Waals surface area contributed by atoms with Crippen molar-refractivity contribution in [3.05, 3.63) is 29.3 Å². The van der Waals surface area contributed by atoms with Gasteiger partial charge in [0, 0.05) is 44.5 Å². The maximum atomic E-state index is 11.7. The fourth-order valence-corrected chi connectivity index (χ4v) is 4.73. The third kappa shape index (κ3) is 5.19. The van der Waals surface area contributed by atoms with Gasteiger partial charge in [0.15, 0.2) is 0 Å². The molecule has 26 heavy (non-hydrogen) atoms. The summed E-state index contributed by atoms with van der Waals surface area (Å²) in [6.07, 6.45) is 3.40. The predicted molar refractivity (Wildman–Crippen MR) is 105 cm³/mol. The Balaban J connectivity index is 1.45. The van der Waals surface area contributed by atoms with Crippen molar-refractivity contribution < 1.29 is 13.2 Å². The largest absolute Gasteiger partial charge is 0.374 e. The summed E-state index contributed by atoms with van der Waals surface area (Å²) in [5.41, 5.74) is 3.94. The lowest BCUT2D eigenvalue weighted by Crippen LogP contribution is -2.51. The topological polar surface area (TPSA) is 61.9 Å². The molecular formula is C19H31N3O3S. The minimum atomic E-state index is -3.13. The van der Waals surface area contributed by atoms with Crippen LogP contribution in [-0.4, -0.2) is 70.5 Å². The number of nitrogens with one attached hydrogen (secondary N) is 1. The Hall–Kier alpha value is -1.15. The average Bonchev–Trinajstić information content (AvgIpc) is 2.59. The van der Waals surface area contributed by atoms with Crippen LogP contribution in [0.5, 0.6) is 0 Å². The standard InChI is InChI=1S/C19H31N3O3S/c1-15-10-16(2)12-18(11-15)21-6-4-17(5-7-21)20-13-19-14-22(8-9-25-19)26(3,23)24/h10-12,17,19-20H,4-9,13-14H2,1-3H3/t19-/m1/s1. The molecule has 6 nitrogen and oxygen atoms in total. The van der Waals surface area contributed by atoms with Crippen LogP contribution >= 0.6 is 0 Å². The number of aryl methyl sites for hydroxylation is 2. The smallest absolute Gasteiger partial charge is 0.211 e. The molecule has 0 amide bonds. The van der Waals surface area contributed by atoms with E-state index in [4.69, 9.17) is 4.74 Å². The van der Waals surface area contributed by atoms with E-state index in [-0.39, 0.29) is 6.10 Å². The van der Waals surface area contributed by atoms with Crippen LogP contribution in [0.2, 0.25) is 0 Å². The highest BCUT2D eigenvalue weighted by Gasteiger charge is 2.27. The Morgan fingerprint density at radius 1 is 1.12 bits per heavy atom. The maximum absolute atomic E-state index is 11.7. The molecule has 0 unspecified atom stereocenters. The van der Waals surface area contributed by atoms with E-state index in [0.717, 1.165) is 25.9 Å². The molecule has 1 aromatic carbocycles. The van der Waals surface area contributed by atoms with Gasteiger partial charge in [-0.3, -0.25) is 0 Å². The highest BCUT2D eigenvalue weighted by molar-refractivity contribution is 7.88. The van der Waals surface area contributed by atoms with Crippen LogP contribution in [0.15, 0.2) is 18.2 Å². The van der Waals surface area contributed by atoms with Crippen LogP contribution < -0.4 is 10.2 Å².